The van der Waals surface area contributed by atoms with E-state index in [1.807, 2.05) is 12.1 Å². The number of primary amides is 1. The Morgan fingerprint density at radius 3 is 2.79 bits per heavy atom. The lowest BCUT2D eigenvalue weighted by molar-refractivity contribution is -0.385. The van der Waals surface area contributed by atoms with Crippen LogP contribution in [-0.4, -0.2) is 20.8 Å². The molecule has 2 aromatic carbocycles. The lowest BCUT2D eigenvalue weighted by atomic mass is 10.1. The normalized spacial score (nSPS) is 11.4. The monoisotopic (exact) mass is 461 g/mol. The Balaban J connectivity index is 1.56. The summed E-state index contributed by atoms with van der Waals surface area (Å²) in [7, 11) is 0. The summed E-state index contributed by atoms with van der Waals surface area (Å²) < 4.78 is 6.46. The number of rotatable bonds is 8. The molecule has 166 valence electrons. The highest BCUT2D eigenvalue weighted by atomic mass is 32.1. The molecule has 4 aromatic rings. The molecule has 10 heteroatoms. The van der Waals surface area contributed by atoms with Gasteiger partial charge in [0, 0.05) is 23.5 Å². The Kier molecular flexibility index (Phi) is 6.27. The summed E-state index contributed by atoms with van der Waals surface area (Å²) in [5.74, 6) is -0.354. The second kappa shape index (κ2) is 9.45. The molecule has 9 nitrogen and oxygen atoms in total. The Labute approximate surface area is 192 Å². The van der Waals surface area contributed by atoms with Crippen LogP contribution in [0.4, 0.5) is 16.5 Å². The van der Waals surface area contributed by atoms with Gasteiger partial charge >= 0.3 is 5.69 Å². The zero-order valence-electron chi connectivity index (χ0n) is 17.5. The molecule has 0 aliphatic rings. The van der Waals surface area contributed by atoms with Crippen LogP contribution in [0.3, 0.4) is 0 Å². The second-order valence-corrected chi connectivity index (χ2v) is 7.97. The van der Waals surface area contributed by atoms with Gasteiger partial charge in [0.25, 0.3) is 0 Å². The van der Waals surface area contributed by atoms with Crippen LogP contribution in [0.1, 0.15) is 18.2 Å². The minimum atomic E-state index is -0.502. The van der Waals surface area contributed by atoms with Gasteiger partial charge in [0.15, 0.2) is 10.9 Å². The molecule has 0 fully saturated rings. The Bertz CT molecular complexity index is 1370. The standard InChI is InChI=1S/C23H19N5O4S/c1-2-17(22(24)29)14-6-8-18-21(11-14)33-23(27-18)26-15-7-9-20(19(12-15)28(30)31)32-13-16-5-3-4-10-25-16/h2-12H,13H2,1H3,(H2,24,29)(H,26,27). The van der Waals surface area contributed by atoms with E-state index < -0.39 is 10.8 Å². The summed E-state index contributed by atoms with van der Waals surface area (Å²) in [4.78, 5) is 31.4. The number of nitro groups is 1. The highest BCUT2D eigenvalue weighted by Crippen LogP contribution is 2.34. The molecule has 0 unspecified atom stereocenters. The topological polar surface area (TPSA) is 133 Å². The van der Waals surface area contributed by atoms with Gasteiger partial charge in [-0.1, -0.05) is 29.5 Å². The number of allylic oxidation sites excluding steroid dienone is 1. The smallest absolute Gasteiger partial charge is 0.313 e. The van der Waals surface area contributed by atoms with E-state index in [4.69, 9.17) is 10.5 Å². The first-order valence-electron chi connectivity index (χ1n) is 9.90. The fourth-order valence-electron chi connectivity index (χ4n) is 3.22. The van der Waals surface area contributed by atoms with Crippen molar-refractivity contribution in [2.24, 2.45) is 5.73 Å². The molecule has 4 rings (SSSR count). The van der Waals surface area contributed by atoms with E-state index in [-0.39, 0.29) is 18.0 Å². The maximum Gasteiger partial charge on any atom is 0.313 e. The van der Waals surface area contributed by atoms with E-state index in [0.717, 1.165) is 10.2 Å². The van der Waals surface area contributed by atoms with Gasteiger partial charge in [-0.25, -0.2) is 4.98 Å². The lowest BCUT2D eigenvalue weighted by Gasteiger charge is -2.08. The molecule has 0 spiro atoms. The van der Waals surface area contributed by atoms with Gasteiger partial charge in [0.05, 0.1) is 20.8 Å². The van der Waals surface area contributed by atoms with E-state index in [1.54, 1.807) is 55.6 Å². The molecule has 0 radical (unpaired) electrons. The van der Waals surface area contributed by atoms with Crippen molar-refractivity contribution < 1.29 is 14.5 Å². The van der Waals surface area contributed by atoms with Gasteiger partial charge in [-0.15, -0.1) is 0 Å². The molecule has 0 atom stereocenters. The number of carbonyl (C=O) groups excluding carboxylic acids is 1. The Hall–Kier alpha value is -4.31. The number of benzene rings is 2. The summed E-state index contributed by atoms with van der Waals surface area (Å²) in [6.07, 6.45) is 3.30. The summed E-state index contributed by atoms with van der Waals surface area (Å²) >= 11 is 1.36. The number of hydrogen-bond donors (Lipinski definition) is 2. The molecule has 0 saturated heterocycles. The highest BCUT2D eigenvalue weighted by molar-refractivity contribution is 7.22. The number of amides is 1. The van der Waals surface area contributed by atoms with Gasteiger partial charge in [0.2, 0.25) is 5.91 Å². The first-order chi connectivity index (χ1) is 15.9. The Morgan fingerprint density at radius 1 is 1.24 bits per heavy atom. The highest BCUT2D eigenvalue weighted by Gasteiger charge is 2.17. The van der Waals surface area contributed by atoms with Crippen LogP contribution in [-0.2, 0) is 11.4 Å². The van der Waals surface area contributed by atoms with E-state index >= 15 is 0 Å². The second-order valence-electron chi connectivity index (χ2n) is 6.94. The average molecular weight is 462 g/mol. The van der Waals surface area contributed by atoms with Crippen molar-refractivity contribution in [1.29, 1.82) is 0 Å². The van der Waals surface area contributed by atoms with Crippen molar-refractivity contribution >= 4 is 49.5 Å². The number of nitro benzene ring substituents is 1. The number of fused-ring (bicyclic) bond motifs is 1. The molecule has 3 N–H and O–H groups in total. The summed E-state index contributed by atoms with van der Waals surface area (Å²) in [5.41, 5.74) is 8.30. The average Bonchev–Trinajstić information content (AvgIpc) is 3.20. The zero-order valence-corrected chi connectivity index (χ0v) is 18.3. The number of anilines is 2. The SMILES string of the molecule is CC=C(C(N)=O)c1ccc2nc(Nc3ccc(OCc4ccccn4)c([N+](=O)[O-])c3)sc2c1. The van der Waals surface area contributed by atoms with Crippen LogP contribution in [0.25, 0.3) is 15.8 Å². The largest absolute Gasteiger partial charge is 0.480 e. The summed E-state index contributed by atoms with van der Waals surface area (Å²) in [5, 5.41) is 15.2. The van der Waals surface area contributed by atoms with Crippen molar-refractivity contribution in [3.05, 3.63) is 88.2 Å². The van der Waals surface area contributed by atoms with Gasteiger partial charge in [-0.2, -0.15) is 0 Å². The fraction of sp³-hybridized carbons (Fsp3) is 0.0870. The van der Waals surface area contributed by atoms with Crippen LogP contribution in [0, 0.1) is 10.1 Å². The third-order valence-electron chi connectivity index (χ3n) is 4.76. The summed E-state index contributed by atoms with van der Waals surface area (Å²) in [6, 6.07) is 15.4. The van der Waals surface area contributed by atoms with E-state index in [2.05, 4.69) is 15.3 Å². The molecule has 2 aromatic heterocycles. The number of hydrogen-bond acceptors (Lipinski definition) is 8. The van der Waals surface area contributed by atoms with Crippen molar-refractivity contribution in [3.63, 3.8) is 0 Å². The van der Waals surface area contributed by atoms with E-state index in [0.29, 0.717) is 27.6 Å². The van der Waals surface area contributed by atoms with Crippen LogP contribution in [0.2, 0.25) is 0 Å². The molecule has 0 aliphatic heterocycles. The van der Waals surface area contributed by atoms with Crippen LogP contribution in [0.15, 0.2) is 66.9 Å². The first kappa shape index (κ1) is 21.9. The maximum atomic E-state index is 11.6. The van der Waals surface area contributed by atoms with Crippen molar-refractivity contribution in [2.45, 2.75) is 13.5 Å². The first-order valence-corrected chi connectivity index (χ1v) is 10.7. The van der Waals surface area contributed by atoms with Crippen molar-refractivity contribution in [3.8, 4) is 5.75 Å². The number of pyridine rings is 1. The number of nitrogens with one attached hydrogen (secondary N) is 1. The minimum absolute atomic E-state index is 0.119. The summed E-state index contributed by atoms with van der Waals surface area (Å²) in [6.45, 7) is 1.87. The number of nitrogens with two attached hydrogens (primary N) is 1. The van der Waals surface area contributed by atoms with Crippen LogP contribution in [0.5, 0.6) is 5.75 Å². The number of thiazole rings is 1. The predicted octanol–water partition coefficient (Wildman–Crippen LogP) is 4.81. The quantitative estimate of drug-likeness (QED) is 0.218. The molecule has 0 bridgehead atoms. The van der Waals surface area contributed by atoms with Crippen molar-refractivity contribution in [2.75, 3.05) is 5.32 Å². The fourth-order valence-corrected chi connectivity index (χ4v) is 4.14. The van der Waals surface area contributed by atoms with Gasteiger partial charge < -0.3 is 15.8 Å². The minimum Gasteiger partial charge on any atom is -0.480 e. The lowest BCUT2D eigenvalue weighted by Crippen LogP contribution is -2.12. The molecule has 2 heterocycles. The third kappa shape index (κ3) is 4.96. The molecule has 1 amide bonds. The van der Waals surface area contributed by atoms with E-state index in [9.17, 15) is 14.9 Å². The number of aromatic nitrogens is 2. The molecule has 0 saturated carbocycles. The van der Waals surface area contributed by atoms with Crippen molar-refractivity contribution in [1.82, 2.24) is 9.97 Å². The predicted molar refractivity (Wildman–Crippen MR) is 127 cm³/mol. The maximum absolute atomic E-state index is 11.6. The van der Waals surface area contributed by atoms with Crippen LogP contribution >= 0.6 is 11.3 Å². The van der Waals surface area contributed by atoms with Crippen LogP contribution < -0.4 is 15.8 Å². The number of nitrogens with zero attached hydrogens (tertiary/aromatic N) is 3. The van der Waals surface area contributed by atoms with Gasteiger partial charge in [-0.3, -0.25) is 19.9 Å². The molecular weight excluding hydrogens is 442 g/mol. The molecular formula is C23H19N5O4S. The number of carbonyl (C=O) groups is 1. The van der Waals surface area contributed by atoms with Gasteiger partial charge in [-0.05, 0) is 48.9 Å². The third-order valence-corrected chi connectivity index (χ3v) is 5.70. The van der Waals surface area contributed by atoms with E-state index in [1.165, 1.54) is 17.4 Å². The Morgan fingerprint density at radius 2 is 2.09 bits per heavy atom. The zero-order chi connectivity index (χ0) is 23.4. The molecule has 33 heavy (non-hydrogen) atoms. The molecule has 0 aliphatic carbocycles. The van der Waals surface area contributed by atoms with Gasteiger partial charge in [0.1, 0.15) is 6.61 Å². The number of ether oxygens (including phenoxy) is 1.